The van der Waals surface area contributed by atoms with Crippen molar-refractivity contribution in [2.75, 3.05) is 26.2 Å². The van der Waals surface area contributed by atoms with E-state index in [0.29, 0.717) is 12.0 Å². The van der Waals surface area contributed by atoms with Crippen LogP contribution in [0.5, 0.6) is 0 Å². The zero-order chi connectivity index (χ0) is 14.7. The Kier molecular flexibility index (Phi) is 4.94. The molecule has 0 radical (unpaired) electrons. The minimum absolute atomic E-state index is 0.709. The van der Waals surface area contributed by atoms with Crippen LogP contribution in [-0.4, -0.2) is 48.1 Å². The normalized spacial score (nSPS) is 31.6. The average Bonchev–Trinajstić information content (AvgIpc) is 2.90. The van der Waals surface area contributed by atoms with Crippen LogP contribution in [0.3, 0.4) is 0 Å². The van der Waals surface area contributed by atoms with Crippen molar-refractivity contribution in [3.05, 3.63) is 35.9 Å². The Hall–Kier alpha value is -0.900. The summed E-state index contributed by atoms with van der Waals surface area (Å²) in [5.41, 5.74) is 7.32. The van der Waals surface area contributed by atoms with Crippen molar-refractivity contribution in [2.45, 2.75) is 44.8 Å². The molecule has 2 aliphatic heterocycles. The van der Waals surface area contributed by atoms with Crippen LogP contribution in [0.2, 0.25) is 0 Å². The van der Waals surface area contributed by atoms with Gasteiger partial charge in [-0.25, -0.2) is 0 Å². The largest absolute Gasteiger partial charge is 0.330 e. The van der Waals surface area contributed by atoms with Gasteiger partial charge in [-0.05, 0) is 50.8 Å². The number of rotatable bonds is 4. The Labute approximate surface area is 129 Å². The quantitative estimate of drug-likeness (QED) is 0.922. The van der Waals surface area contributed by atoms with Crippen molar-refractivity contribution >= 4 is 0 Å². The van der Waals surface area contributed by atoms with E-state index in [0.717, 1.165) is 19.1 Å². The molecular weight excluding hydrogens is 258 g/mol. The van der Waals surface area contributed by atoms with Gasteiger partial charge in [0.1, 0.15) is 0 Å². The molecule has 0 aliphatic carbocycles. The van der Waals surface area contributed by atoms with E-state index in [-0.39, 0.29) is 0 Å². The Balaban J connectivity index is 1.58. The highest BCUT2D eigenvalue weighted by Crippen LogP contribution is 2.28. The van der Waals surface area contributed by atoms with E-state index in [2.05, 4.69) is 47.1 Å². The minimum atomic E-state index is 0.709. The van der Waals surface area contributed by atoms with Gasteiger partial charge in [0.15, 0.2) is 0 Å². The Morgan fingerprint density at radius 2 is 2.00 bits per heavy atom. The summed E-state index contributed by atoms with van der Waals surface area (Å²) in [6, 6.07) is 12.3. The van der Waals surface area contributed by atoms with Gasteiger partial charge in [0.05, 0.1) is 0 Å². The highest BCUT2D eigenvalue weighted by atomic mass is 15.3. The van der Waals surface area contributed by atoms with Gasteiger partial charge in [0, 0.05) is 31.7 Å². The Bertz CT molecular complexity index is 433. The van der Waals surface area contributed by atoms with Gasteiger partial charge in [0.25, 0.3) is 0 Å². The molecule has 2 saturated heterocycles. The van der Waals surface area contributed by atoms with E-state index in [1.54, 1.807) is 0 Å². The lowest BCUT2D eigenvalue weighted by atomic mass is 10.0. The number of piperidine rings is 1. The van der Waals surface area contributed by atoms with E-state index < -0.39 is 0 Å². The molecule has 0 saturated carbocycles. The fourth-order valence-corrected chi connectivity index (χ4v) is 4.14. The molecule has 21 heavy (non-hydrogen) atoms. The molecule has 1 aromatic carbocycles. The van der Waals surface area contributed by atoms with Gasteiger partial charge in [-0.1, -0.05) is 30.3 Å². The van der Waals surface area contributed by atoms with Gasteiger partial charge in [-0.15, -0.1) is 0 Å². The highest BCUT2D eigenvalue weighted by Gasteiger charge is 2.35. The first-order valence-corrected chi connectivity index (χ1v) is 8.48. The van der Waals surface area contributed by atoms with Crippen LogP contribution in [0, 0.1) is 5.92 Å². The summed E-state index contributed by atoms with van der Waals surface area (Å²) in [5, 5.41) is 0. The summed E-state index contributed by atoms with van der Waals surface area (Å²) in [5.74, 6) is 0.712. The lowest BCUT2D eigenvalue weighted by molar-refractivity contribution is 0.0873. The molecule has 2 N–H and O–H groups in total. The molecule has 2 fully saturated rings. The van der Waals surface area contributed by atoms with Gasteiger partial charge >= 0.3 is 0 Å². The molecule has 3 heteroatoms. The maximum absolute atomic E-state index is 5.88. The van der Waals surface area contributed by atoms with Crippen molar-refractivity contribution < 1.29 is 0 Å². The second-order valence-corrected chi connectivity index (χ2v) is 6.90. The van der Waals surface area contributed by atoms with Gasteiger partial charge in [-0.3, -0.25) is 9.80 Å². The zero-order valence-electron chi connectivity index (χ0n) is 13.2. The van der Waals surface area contributed by atoms with E-state index >= 15 is 0 Å². The summed E-state index contributed by atoms with van der Waals surface area (Å²) in [7, 11) is 0. The molecule has 0 amide bonds. The van der Waals surface area contributed by atoms with Crippen LogP contribution < -0.4 is 5.73 Å². The van der Waals surface area contributed by atoms with Crippen molar-refractivity contribution in [2.24, 2.45) is 11.7 Å². The van der Waals surface area contributed by atoms with E-state index in [9.17, 15) is 0 Å². The van der Waals surface area contributed by atoms with Crippen LogP contribution in [0.25, 0.3) is 0 Å². The Morgan fingerprint density at radius 1 is 1.19 bits per heavy atom. The molecular formula is C18H29N3. The molecule has 116 valence electrons. The third-order valence-electron chi connectivity index (χ3n) is 5.24. The molecule has 0 spiro atoms. The van der Waals surface area contributed by atoms with Crippen LogP contribution >= 0.6 is 0 Å². The number of hydrogen-bond donors (Lipinski definition) is 1. The van der Waals surface area contributed by atoms with Crippen LogP contribution in [-0.2, 0) is 6.54 Å². The molecule has 1 aromatic rings. The molecule has 2 heterocycles. The van der Waals surface area contributed by atoms with Crippen molar-refractivity contribution in [1.29, 1.82) is 0 Å². The summed E-state index contributed by atoms with van der Waals surface area (Å²) in [6.45, 7) is 8.00. The van der Waals surface area contributed by atoms with Crippen LogP contribution in [0.15, 0.2) is 30.3 Å². The lowest BCUT2D eigenvalue weighted by Gasteiger charge is -2.39. The number of hydrogen-bond acceptors (Lipinski definition) is 3. The summed E-state index contributed by atoms with van der Waals surface area (Å²) in [6.07, 6.45) is 3.96. The second kappa shape index (κ2) is 6.91. The minimum Gasteiger partial charge on any atom is -0.330 e. The van der Waals surface area contributed by atoms with Crippen molar-refractivity contribution in [1.82, 2.24) is 9.80 Å². The second-order valence-electron chi connectivity index (χ2n) is 6.90. The van der Waals surface area contributed by atoms with Crippen molar-refractivity contribution in [3.8, 4) is 0 Å². The summed E-state index contributed by atoms with van der Waals surface area (Å²) >= 11 is 0. The Morgan fingerprint density at radius 3 is 2.71 bits per heavy atom. The topological polar surface area (TPSA) is 32.5 Å². The standard InChI is InChI=1S/C18H29N3/c1-15-10-17(11-19)13-21(15)18-8-5-9-20(14-18)12-16-6-3-2-4-7-16/h2-4,6-7,15,17-18H,5,8-14,19H2,1H3. The predicted octanol–water partition coefficient (Wildman–Crippen LogP) is 2.32. The van der Waals surface area contributed by atoms with E-state index in [4.69, 9.17) is 5.73 Å². The fourth-order valence-electron chi connectivity index (χ4n) is 4.14. The number of likely N-dealkylation sites (tertiary alicyclic amines) is 2. The SMILES string of the molecule is CC1CC(CN)CN1C1CCCN(Cc2ccccc2)C1. The fraction of sp³-hybridized carbons (Fsp3) is 0.667. The summed E-state index contributed by atoms with van der Waals surface area (Å²) in [4.78, 5) is 5.36. The number of nitrogens with zero attached hydrogens (tertiary/aromatic N) is 2. The summed E-state index contributed by atoms with van der Waals surface area (Å²) < 4.78 is 0. The first kappa shape index (κ1) is 15.0. The monoisotopic (exact) mass is 287 g/mol. The molecule has 0 bridgehead atoms. The maximum atomic E-state index is 5.88. The first-order chi connectivity index (χ1) is 10.3. The van der Waals surface area contributed by atoms with E-state index in [1.165, 1.54) is 44.5 Å². The average molecular weight is 287 g/mol. The molecule has 3 atom stereocenters. The zero-order valence-corrected chi connectivity index (χ0v) is 13.2. The smallest absolute Gasteiger partial charge is 0.0234 e. The molecule has 3 nitrogen and oxygen atoms in total. The number of benzene rings is 1. The maximum Gasteiger partial charge on any atom is 0.0234 e. The lowest BCUT2D eigenvalue weighted by Crippen LogP contribution is -2.49. The third kappa shape index (κ3) is 3.65. The number of nitrogens with two attached hydrogens (primary N) is 1. The third-order valence-corrected chi connectivity index (χ3v) is 5.24. The molecule has 0 aromatic heterocycles. The van der Waals surface area contributed by atoms with Crippen LogP contribution in [0.1, 0.15) is 31.7 Å². The van der Waals surface area contributed by atoms with Crippen molar-refractivity contribution in [3.63, 3.8) is 0 Å². The highest BCUT2D eigenvalue weighted by molar-refractivity contribution is 5.14. The predicted molar refractivity (Wildman–Crippen MR) is 88.1 cm³/mol. The molecule has 3 rings (SSSR count). The van der Waals surface area contributed by atoms with Gasteiger partial charge < -0.3 is 5.73 Å². The molecule has 2 aliphatic rings. The van der Waals surface area contributed by atoms with Gasteiger partial charge in [0.2, 0.25) is 0 Å². The molecule has 3 unspecified atom stereocenters. The first-order valence-electron chi connectivity index (χ1n) is 8.48. The van der Waals surface area contributed by atoms with Gasteiger partial charge in [-0.2, -0.15) is 0 Å². The van der Waals surface area contributed by atoms with Crippen LogP contribution in [0.4, 0.5) is 0 Å². The van der Waals surface area contributed by atoms with E-state index in [1.807, 2.05) is 0 Å².